The van der Waals surface area contributed by atoms with Crippen molar-refractivity contribution in [3.63, 3.8) is 0 Å². The lowest BCUT2D eigenvalue weighted by atomic mass is 9.54. The molecule has 1 spiro atoms. The number of hydrogen-bond donors (Lipinski definition) is 1. The van der Waals surface area contributed by atoms with Gasteiger partial charge in [0.15, 0.2) is 0 Å². The highest BCUT2D eigenvalue weighted by atomic mass is 32.1. The van der Waals surface area contributed by atoms with Gasteiger partial charge in [0.2, 0.25) is 5.91 Å². The van der Waals surface area contributed by atoms with E-state index in [1.165, 1.54) is 11.3 Å². The molecule has 2 aliphatic rings. The van der Waals surface area contributed by atoms with Crippen LogP contribution in [-0.4, -0.2) is 23.8 Å². The van der Waals surface area contributed by atoms with E-state index in [0.717, 1.165) is 16.7 Å². The second kappa shape index (κ2) is 7.20. The van der Waals surface area contributed by atoms with Gasteiger partial charge in [0, 0.05) is 16.5 Å². The highest BCUT2D eigenvalue weighted by molar-refractivity contribution is 7.10. The smallest absolute Gasteiger partial charge is 0.311 e. The molecule has 30 heavy (non-hydrogen) atoms. The van der Waals surface area contributed by atoms with Crippen molar-refractivity contribution in [3.05, 3.63) is 63.9 Å². The van der Waals surface area contributed by atoms with Crippen molar-refractivity contribution in [2.24, 2.45) is 11.8 Å². The molecule has 4 rings (SSSR count). The maximum atomic E-state index is 13.7. The van der Waals surface area contributed by atoms with Crippen molar-refractivity contribution in [1.29, 1.82) is 0 Å². The van der Waals surface area contributed by atoms with Gasteiger partial charge in [0.05, 0.1) is 5.92 Å². The minimum absolute atomic E-state index is 0.266. The first-order chi connectivity index (χ1) is 14.2. The molecule has 2 heterocycles. The zero-order valence-corrected chi connectivity index (χ0v) is 18.3. The molecule has 0 saturated heterocycles. The van der Waals surface area contributed by atoms with Gasteiger partial charge >= 0.3 is 5.97 Å². The Morgan fingerprint density at radius 3 is 2.57 bits per heavy atom. The van der Waals surface area contributed by atoms with Gasteiger partial charge in [0.1, 0.15) is 17.3 Å². The largest absolute Gasteiger partial charge is 0.460 e. The van der Waals surface area contributed by atoms with Crippen LogP contribution in [-0.2, 0) is 24.5 Å². The summed E-state index contributed by atoms with van der Waals surface area (Å²) in [5.74, 6) is -2.38. The zero-order chi connectivity index (χ0) is 21.7. The Balaban J connectivity index is 2.03. The van der Waals surface area contributed by atoms with Crippen LogP contribution in [0.2, 0.25) is 0 Å². The summed E-state index contributed by atoms with van der Waals surface area (Å²) in [6, 6.07) is 11.3. The average molecular weight is 424 g/mol. The number of aldehydes is 1. The number of amides is 1. The van der Waals surface area contributed by atoms with Crippen molar-refractivity contribution in [2.45, 2.75) is 44.6 Å². The van der Waals surface area contributed by atoms with Crippen molar-refractivity contribution in [1.82, 2.24) is 0 Å². The average Bonchev–Trinajstić information content (AvgIpc) is 3.28. The van der Waals surface area contributed by atoms with Crippen LogP contribution in [0.4, 0.5) is 5.69 Å². The summed E-state index contributed by atoms with van der Waals surface area (Å²) in [6.07, 6.45) is 2.65. The highest BCUT2D eigenvalue weighted by Gasteiger charge is 2.64. The Labute approximate surface area is 180 Å². The summed E-state index contributed by atoms with van der Waals surface area (Å²) in [4.78, 5) is 40.3. The molecule has 1 aromatic heterocycles. The van der Waals surface area contributed by atoms with Crippen LogP contribution in [0.15, 0.2) is 53.4 Å². The molecule has 0 saturated carbocycles. The van der Waals surface area contributed by atoms with E-state index in [9.17, 15) is 14.4 Å². The molecule has 5 nitrogen and oxygen atoms in total. The predicted molar refractivity (Wildman–Crippen MR) is 116 cm³/mol. The van der Waals surface area contributed by atoms with Crippen LogP contribution in [0, 0.1) is 11.8 Å². The molecule has 1 aliphatic carbocycles. The lowest BCUT2D eigenvalue weighted by Gasteiger charge is -2.46. The van der Waals surface area contributed by atoms with Gasteiger partial charge in [-0.15, -0.1) is 11.3 Å². The Morgan fingerprint density at radius 2 is 1.93 bits per heavy atom. The molecule has 0 radical (unpaired) electrons. The van der Waals surface area contributed by atoms with E-state index in [-0.39, 0.29) is 11.8 Å². The topological polar surface area (TPSA) is 72.5 Å². The Kier molecular flexibility index (Phi) is 4.93. The first-order valence-electron chi connectivity index (χ1n) is 10.0. The first-order valence-corrected chi connectivity index (χ1v) is 10.9. The molecule has 6 heteroatoms. The number of hydrogen-bond acceptors (Lipinski definition) is 5. The van der Waals surface area contributed by atoms with Gasteiger partial charge in [-0.2, -0.15) is 0 Å². The number of carbonyl (C=O) groups excluding carboxylic acids is 3. The minimum atomic E-state index is -1.26. The van der Waals surface area contributed by atoms with E-state index in [0.29, 0.717) is 11.3 Å². The minimum Gasteiger partial charge on any atom is -0.460 e. The fraction of sp³-hybridized carbons (Fsp3) is 0.375. The lowest BCUT2D eigenvalue weighted by Crippen LogP contribution is -2.55. The fourth-order valence-electron chi connectivity index (χ4n) is 4.97. The Hall–Kier alpha value is -2.73. The van der Waals surface area contributed by atoms with E-state index in [4.69, 9.17) is 4.74 Å². The van der Waals surface area contributed by atoms with Gasteiger partial charge in [-0.25, -0.2) is 0 Å². The number of para-hydroxylation sites is 1. The van der Waals surface area contributed by atoms with Gasteiger partial charge < -0.3 is 10.1 Å². The third-order valence-corrected chi connectivity index (χ3v) is 6.82. The zero-order valence-electron chi connectivity index (χ0n) is 17.5. The molecule has 2 aromatic rings. The molecule has 0 bridgehead atoms. The molecule has 0 unspecified atom stereocenters. The number of anilines is 1. The monoisotopic (exact) mass is 423 g/mol. The first kappa shape index (κ1) is 20.5. The number of benzene rings is 1. The lowest BCUT2D eigenvalue weighted by molar-refractivity contribution is -0.167. The molecular weight excluding hydrogens is 398 g/mol. The van der Waals surface area contributed by atoms with Gasteiger partial charge in [-0.05, 0) is 55.3 Å². The quantitative estimate of drug-likeness (QED) is 0.585. The summed E-state index contributed by atoms with van der Waals surface area (Å²) in [7, 11) is 0. The van der Waals surface area contributed by atoms with Gasteiger partial charge in [0.25, 0.3) is 0 Å². The van der Waals surface area contributed by atoms with E-state index in [2.05, 4.69) is 5.32 Å². The maximum absolute atomic E-state index is 13.7. The second-order valence-electron chi connectivity index (χ2n) is 8.97. The number of thiophene rings is 1. The van der Waals surface area contributed by atoms with Crippen molar-refractivity contribution in [2.75, 3.05) is 5.32 Å². The Morgan fingerprint density at radius 1 is 1.20 bits per heavy atom. The van der Waals surface area contributed by atoms with Crippen LogP contribution in [0.1, 0.15) is 44.1 Å². The number of nitrogens with one attached hydrogen (secondary N) is 1. The molecule has 1 aromatic carbocycles. The standard InChI is InChI=1S/C24H25NO4S/c1-14-12-15(13-26)20(18-10-7-11-30-18)24(19(14)21(27)29-23(2,3)4)16-8-5-6-9-17(16)25-22(24)28/h5-14,19-20H,1-4H3,(H,25,28)/t14-,19-,20+,24-/m0/s1. The summed E-state index contributed by atoms with van der Waals surface area (Å²) < 4.78 is 5.80. The number of carbonyl (C=O) groups is 3. The van der Waals surface area contributed by atoms with Crippen molar-refractivity contribution >= 4 is 35.2 Å². The predicted octanol–water partition coefficient (Wildman–Crippen LogP) is 4.45. The summed E-state index contributed by atoms with van der Waals surface area (Å²) >= 11 is 1.48. The number of esters is 1. The van der Waals surface area contributed by atoms with Crippen LogP contribution in [0.25, 0.3) is 0 Å². The van der Waals surface area contributed by atoms with Crippen LogP contribution < -0.4 is 5.32 Å². The molecule has 1 amide bonds. The van der Waals surface area contributed by atoms with Crippen LogP contribution in [0.5, 0.6) is 0 Å². The number of allylic oxidation sites excluding steroid dienone is 2. The van der Waals surface area contributed by atoms with Crippen LogP contribution >= 0.6 is 11.3 Å². The fourth-order valence-corrected chi connectivity index (χ4v) is 5.90. The number of fused-ring (bicyclic) bond motifs is 2. The SMILES string of the molecule is C[C@H]1C=C(C=O)[C@H](c2cccs2)[C@@]2(C(=O)Nc3ccccc32)[C@@H]1C(=O)OC(C)(C)C. The normalized spacial score (nSPS) is 27.9. The number of ether oxygens (including phenoxy) is 1. The molecule has 156 valence electrons. The molecule has 1 N–H and O–H groups in total. The van der Waals surface area contributed by atoms with E-state index in [1.54, 1.807) is 0 Å². The molecular formula is C24H25NO4S. The third kappa shape index (κ3) is 3.01. The molecule has 1 aliphatic heterocycles. The van der Waals surface area contributed by atoms with E-state index >= 15 is 0 Å². The van der Waals surface area contributed by atoms with Crippen molar-refractivity contribution < 1.29 is 19.1 Å². The third-order valence-electron chi connectivity index (χ3n) is 5.88. The van der Waals surface area contributed by atoms with E-state index < -0.39 is 28.8 Å². The maximum Gasteiger partial charge on any atom is 0.311 e. The summed E-state index contributed by atoms with van der Waals surface area (Å²) in [5.41, 5.74) is -0.00874. The Bertz CT molecular complexity index is 1030. The highest BCUT2D eigenvalue weighted by Crippen LogP contribution is 2.59. The molecule has 0 fully saturated rings. The molecule has 4 atom stereocenters. The van der Waals surface area contributed by atoms with Crippen molar-refractivity contribution in [3.8, 4) is 0 Å². The van der Waals surface area contributed by atoms with Gasteiger partial charge in [-0.1, -0.05) is 37.3 Å². The number of rotatable bonds is 3. The van der Waals surface area contributed by atoms with Gasteiger partial charge in [-0.3, -0.25) is 14.4 Å². The second-order valence-corrected chi connectivity index (χ2v) is 9.95. The summed E-state index contributed by atoms with van der Waals surface area (Å²) in [6.45, 7) is 7.32. The van der Waals surface area contributed by atoms with E-state index in [1.807, 2.05) is 75.5 Å². The summed E-state index contributed by atoms with van der Waals surface area (Å²) in [5, 5.41) is 4.90. The van der Waals surface area contributed by atoms with Crippen LogP contribution in [0.3, 0.4) is 0 Å².